The standard InChI is InChI=1S/C25H25ClF4N2O/c1-24(2,3)15-31(4)23(33)22-19(18-11-10-17(26)12-20(18)27)13-21(25(28,29)30)32(22)14-16-8-6-5-7-9-16/h5-13H,14-15H2,1-4H3. The van der Waals surface area contributed by atoms with E-state index in [1.54, 1.807) is 30.3 Å². The molecule has 0 saturated heterocycles. The molecular formula is C25H25ClF4N2O. The zero-order chi connectivity index (χ0) is 24.6. The van der Waals surface area contributed by atoms with Gasteiger partial charge in [0.05, 0.1) is 0 Å². The van der Waals surface area contributed by atoms with Gasteiger partial charge in [0.2, 0.25) is 0 Å². The van der Waals surface area contributed by atoms with Crippen LogP contribution in [0.25, 0.3) is 11.1 Å². The first-order valence-corrected chi connectivity index (χ1v) is 10.7. The molecule has 1 amide bonds. The van der Waals surface area contributed by atoms with E-state index in [4.69, 9.17) is 11.6 Å². The highest BCUT2D eigenvalue weighted by molar-refractivity contribution is 6.30. The molecule has 0 aliphatic rings. The number of halogens is 5. The fourth-order valence-corrected chi connectivity index (χ4v) is 3.98. The van der Waals surface area contributed by atoms with Gasteiger partial charge in [0.25, 0.3) is 5.91 Å². The van der Waals surface area contributed by atoms with Crippen molar-refractivity contribution < 1.29 is 22.4 Å². The SMILES string of the molecule is CN(CC(C)(C)C)C(=O)c1c(-c2ccc(Cl)cc2F)cc(C(F)(F)F)n1Cc1ccccc1. The molecule has 0 fully saturated rings. The molecule has 3 aromatic rings. The van der Waals surface area contributed by atoms with Gasteiger partial charge in [0, 0.05) is 36.3 Å². The molecule has 1 aromatic heterocycles. The second kappa shape index (κ2) is 9.21. The summed E-state index contributed by atoms with van der Waals surface area (Å²) in [4.78, 5) is 14.9. The second-order valence-electron chi connectivity index (χ2n) is 9.21. The Morgan fingerprint density at radius 2 is 1.64 bits per heavy atom. The first kappa shape index (κ1) is 24.8. The van der Waals surface area contributed by atoms with Crippen LogP contribution in [0.2, 0.25) is 5.02 Å². The van der Waals surface area contributed by atoms with Crippen LogP contribution in [-0.2, 0) is 12.7 Å². The van der Waals surface area contributed by atoms with E-state index in [0.717, 1.165) is 16.7 Å². The minimum atomic E-state index is -4.76. The van der Waals surface area contributed by atoms with E-state index in [0.29, 0.717) is 12.1 Å². The maximum absolute atomic E-state index is 14.8. The molecule has 2 aromatic carbocycles. The average Bonchev–Trinajstić information content (AvgIpc) is 3.06. The van der Waals surface area contributed by atoms with Crippen molar-refractivity contribution in [1.29, 1.82) is 0 Å². The maximum Gasteiger partial charge on any atom is 0.431 e. The third-order valence-electron chi connectivity index (χ3n) is 5.05. The summed E-state index contributed by atoms with van der Waals surface area (Å²) >= 11 is 5.85. The fourth-order valence-electron chi connectivity index (χ4n) is 3.82. The monoisotopic (exact) mass is 480 g/mol. The normalized spacial score (nSPS) is 12.2. The van der Waals surface area contributed by atoms with Crippen molar-refractivity contribution in [3.63, 3.8) is 0 Å². The Hall–Kier alpha value is -2.80. The first-order chi connectivity index (χ1) is 15.3. The predicted molar refractivity (Wildman–Crippen MR) is 122 cm³/mol. The van der Waals surface area contributed by atoms with Crippen LogP contribution in [0.15, 0.2) is 54.6 Å². The summed E-state index contributed by atoms with van der Waals surface area (Å²) in [6.45, 7) is 5.85. The van der Waals surface area contributed by atoms with Crippen LogP contribution in [0, 0.1) is 11.2 Å². The summed E-state index contributed by atoms with van der Waals surface area (Å²) in [5.74, 6) is -1.43. The van der Waals surface area contributed by atoms with Gasteiger partial charge in [-0.25, -0.2) is 4.39 Å². The van der Waals surface area contributed by atoms with Crippen LogP contribution in [0.5, 0.6) is 0 Å². The van der Waals surface area contributed by atoms with E-state index in [1.165, 1.54) is 24.1 Å². The Bertz CT molecular complexity index is 1150. The number of nitrogens with zero attached hydrogens (tertiary/aromatic N) is 2. The lowest BCUT2D eigenvalue weighted by Crippen LogP contribution is -2.36. The van der Waals surface area contributed by atoms with Crippen LogP contribution >= 0.6 is 11.6 Å². The number of benzene rings is 2. The van der Waals surface area contributed by atoms with Gasteiger partial charge in [0.15, 0.2) is 0 Å². The average molecular weight is 481 g/mol. The Kier molecular flexibility index (Phi) is 6.93. The number of hydrogen-bond acceptors (Lipinski definition) is 1. The highest BCUT2D eigenvalue weighted by Crippen LogP contribution is 2.39. The van der Waals surface area contributed by atoms with Crippen LogP contribution < -0.4 is 0 Å². The number of carbonyl (C=O) groups excluding carboxylic acids is 1. The van der Waals surface area contributed by atoms with Gasteiger partial charge in [-0.05, 0) is 35.2 Å². The van der Waals surface area contributed by atoms with Crippen molar-refractivity contribution in [1.82, 2.24) is 9.47 Å². The minimum Gasteiger partial charge on any atom is -0.340 e. The summed E-state index contributed by atoms with van der Waals surface area (Å²) in [5, 5.41) is 0.105. The Morgan fingerprint density at radius 1 is 1.00 bits per heavy atom. The van der Waals surface area contributed by atoms with Crippen molar-refractivity contribution in [3.8, 4) is 11.1 Å². The molecule has 3 rings (SSSR count). The zero-order valence-corrected chi connectivity index (χ0v) is 19.6. The van der Waals surface area contributed by atoms with Crippen molar-refractivity contribution >= 4 is 17.5 Å². The lowest BCUT2D eigenvalue weighted by atomic mass is 9.96. The maximum atomic E-state index is 14.8. The summed E-state index contributed by atoms with van der Waals surface area (Å²) in [7, 11) is 1.53. The van der Waals surface area contributed by atoms with Gasteiger partial charge in [0.1, 0.15) is 17.2 Å². The molecule has 0 aliphatic heterocycles. The number of amides is 1. The van der Waals surface area contributed by atoms with Crippen molar-refractivity contribution in [2.45, 2.75) is 33.5 Å². The topological polar surface area (TPSA) is 25.2 Å². The highest BCUT2D eigenvalue weighted by Gasteiger charge is 2.39. The molecule has 0 N–H and O–H groups in total. The first-order valence-electron chi connectivity index (χ1n) is 10.3. The molecule has 8 heteroatoms. The lowest BCUT2D eigenvalue weighted by Gasteiger charge is -2.28. The van der Waals surface area contributed by atoms with Crippen molar-refractivity contribution in [2.75, 3.05) is 13.6 Å². The van der Waals surface area contributed by atoms with Crippen LogP contribution in [-0.4, -0.2) is 29.0 Å². The molecule has 176 valence electrons. The van der Waals surface area contributed by atoms with Crippen molar-refractivity contribution in [2.24, 2.45) is 5.41 Å². The molecule has 0 aliphatic carbocycles. The van der Waals surface area contributed by atoms with E-state index in [2.05, 4.69) is 0 Å². The molecule has 3 nitrogen and oxygen atoms in total. The Labute approximate surface area is 195 Å². The molecule has 0 bridgehead atoms. The fraction of sp³-hybridized carbons (Fsp3) is 0.320. The molecule has 1 heterocycles. The largest absolute Gasteiger partial charge is 0.431 e. The minimum absolute atomic E-state index is 0.105. The van der Waals surface area contributed by atoms with Gasteiger partial charge in [-0.3, -0.25) is 4.79 Å². The number of alkyl halides is 3. The Morgan fingerprint density at radius 3 is 2.18 bits per heavy atom. The third-order valence-corrected chi connectivity index (χ3v) is 5.29. The molecule has 33 heavy (non-hydrogen) atoms. The molecular weight excluding hydrogens is 456 g/mol. The quantitative estimate of drug-likeness (QED) is 0.356. The molecule has 0 saturated carbocycles. The molecule has 0 spiro atoms. The zero-order valence-electron chi connectivity index (χ0n) is 18.8. The van der Waals surface area contributed by atoms with E-state index in [1.807, 2.05) is 20.8 Å². The van der Waals surface area contributed by atoms with E-state index in [-0.39, 0.29) is 33.8 Å². The Balaban J connectivity index is 2.29. The van der Waals surface area contributed by atoms with E-state index < -0.39 is 23.6 Å². The van der Waals surface area contributed by atoms with E-state index in [9.17, 15) is 22.4 Å². The smallest absolute Gasteiger partial charge is 0.340 e. The molecule has 0 radical (unpaired) electrons. The number of carbonyl (C=O) groups is 1. The van der Waals surface area contributed by atoms with Crippen LogP contribution in [0.3, 0.4) is 0 Å². The summed E-state index contributed by atoms with van der Waals surface area (Å²) in [5.41, 5.74) is -1.21. The van der Waals surface area contributed by atoms with Gasteiger partial charge < -0.3 is 9.47 Å². The second-order valence-corrected chi connectivity index (χ2v) is 9.64. The van der Waals surface area contributed by atoms with Gasteiger partial charge in [-0.2, -0.15) is 13.2 Å². The molecule has 0 unspecified atom stereocenters. The van der Waals surface area contributed by atoms with E-state index >= 15 is 0 Å². The van der Waals surface area contributed by atoms with Gasteiger partial charge in [-0.1, -0.05) is 62.7 Å². The van der Waals surface area contributed by atoms with Crippen molar-refractivity contribution in [3.05, 3.63) is 82.4 Å². The number of hydrogen-bond donors (Lipinski definition) is 0. The highest BCUT2D eigenvalue weighted by atomic mass is 35.5. The van der Waals surface area contributed by atoms with Crippen LogP contribution in [0.4, 0.5) is 17.6 Å². The summed E-state index contributed by atoms with van der Waals surface area (Å²) in [6, 6.07) is 13.1. The summed E-state index contributed by atoms with van der Waals surface area (Å²) in [6.07, 6.45) is -4.76. The number of rotatable bonds is 5. The van der Waals surface area contributed by atoms with Gasteiger partial charge >= 0.3 is 6.18 Å². The lowest BCUT2D eigenvalue weighted by molar-refractivity contribution is -0.143. The predicted octanol–water partition coefficient (Wildman–Crippen LogP) is 7.13. The number of aromatic nitrogens is 1. The van der Waals surface area contributed by atoms with Crippen LogP contribution in [0.1, 0.15) is 42.5 Å². The van der Waals surface area contributed by atoms with Gasteiger partial charge in [-0.15, -0.1) is 0 Å². The molecule has 0 atom stereocenters. The summed E-state index contributed by atoms with van der Waals surface area (Å²) < 4.78 is 58.0. The third kappa shape index (κ3) is 5.77.